The Hall–Kier alpha value is -0.890. The highest BCUT2D eigenvalue weighted by molar-refractivity contribution is 14.0. The Labute approximate surface area is 137 Å². The molecule has 0 saturated heterocycles. The zero-order valence-electron chi connectivity index (χ0n) is 12.3. The van der Waals surface area contributed by atoms with Gasteiger partial charge >= 0.3 is 0 Å². The van der Waals surface area contributed by atoms with E-state index in [1.165, 1.54) is 6.07 Å². The van der Waals surface area contributed by atoms with Gasteiger partial charge in [0.15, 0.2) is 5.96 Å². The van der Waals surface area contributed by atoms with E-state index in [9.17, 15) is 4.39 Å². The van der Waals surface area contributed by atoms with Gasteiger partial charge in [-0.05, 0) is 33.1 Å². The summed E-state index contributed by atoms with van der Waals surface area (Å²) >= 11 is 0. The summed E-state index contributed by atoms with van der Waals surface area (Å²) in [6.07, 6.45) is 1.04. The average Bonchev–Trinajstić information content (AvgIpc) is 2.39. The number of benzene rings is 1. The standard InChI is InChI=1S/C14H23FN4.HI/c1-16-14(17-9-6-10-19(2)3)18-11-12-7-4-5-8-13(12)15;/h4-5,7-8H,6,9-11H2,1-3H3,(H2,16,17,18);1H. The highest BCUT2D eigenvalue weighted by atomic mass is 127. The topological polar surface area (TPSA) is 39.7 Å². The molecule has 0 radical (unpaired) electrons. The van der Waals surface area contributed by atoms with Crippen LogP contribution in [0.25, 0.3) is 0 Å². The fourth-order valence-corrected chi connectivity index (χ4v) is 1.64. The number of nitrogens with zero attached hydrogens (tertiary/aromatic N) is 2. The van der Waals surface area contributed by atoms with Gasteiger partial charge in [-0.2, -0.15) is 0 Å². The highest BCUT2D eigenvalue weighted by Crippen LogP contribution is 2.05. The number of hydrogen-bond donors (Lipinski definition) is 2. The van der Waals surface area contributed by atoms with Crippen LogP contribution in [0.1, 0.15) is 12.0 Å². The fraction of sp³-hybridized carbons (Fsp3) is 0.500. The minimum atomic E-state index is -0.196. The van der Waals surface area contributed by atoms with Gasteiger partial charge in [0.25, 0.3) is 0 Å². The van der Waals surface area contributed by atoms with Gasteiger partial charge in [0, 0.05) is 25.7 Å². The lowest BCUT2D eigenvalue weighted by molar-refractivity contribution is 0.399. The molecule has 0 fully saturated rings. The molecule has 1 aromatic rings. The van der Waals surface area contributed by atoms with Crippen LogP contribution in [0, 0.1) is 5.82 Å². The van der Waals surface area contributed by atoms with Gasteiger partial charge < -0.3 is 15.5 Å². The Morgan fingerprint density at radius 2 is 1.95 bits per heavy atom. The summed E-state index contributed by atoms with van der Waals surface area (Å²) < 4.78 is 13.4. The monoisotopic (exact) mass is 394 g/mol. The molecule has 0 spiro atoms. The van der Waals surface area contributed by atoms with E-state index < -0.39 is 0 Å². The summed E-state index contributed by atoms with van der Waals surface area (Å²) in [5.41, 5.74) is 0.638. The van der Waals surface area contributed by atoms with Gasteiger partial charge in [-0.25, -0.2) is 4.39 Å². The summed E-state index contributed by atoms with van der Waals surface area (Å²) in [7, 11) is 5.80. The normalized spacial score (nSPS) is 11.2. The molecule has 0 aromatic heterocycles. The lowest BCUT2D eigenvalue weighted by Gasteiger charge is -2.13. The second-order valence-corrected chi connectivity index (χ2v) is 4.60. The van der Waals surface area contributed by atoms with E-state index in [4.69, 9.17) is 0 Å². The molecule has 2 N–H and O–H groups in total. The maximum absolute atomic E-state index is 13.4. The fourth-order valence-electron chi connectivity index (χ4n) is 1.64. The minimum Gasteiger partial charge on any atom is -0.356 e. The molecule has 1 aromatic carbocycles. The molecule has 0 bridgehead atoms. The predicted octanol–water partition coefficient (Wildman–Crippen LogP) is 2.06. The number of guanidine groups is 1. The van der Waals surface area contributed by atoms with Crippen LogP contribution in [-0.2, 0) is 6.54 Å². The molecular weight excluding hydrogens is 370 g/mol. The Morgan fingerprint density at radius 3 is 2.55 bits per heavy atom. The molecule has 0 saturated carbocycles. The quantitative estimate of drug-likeness (QED) is 0.336. The van der Waals surface area contributed by atoms with Crippen LogP contribution < -0.4 is 10.6 Å². The van der Waals surface area contributed by atoms with Crippen molar-refractivity contribution in [3.8, 4) is 0 Å². The van der Waals surface area contributed by atoms with E-state index in [0.717, 1.165) is 19.5 Å². The maximum Gasteiger partial charge on any atom is 0.191 e. The molecule has 114 valence electrons. The largest absolute Gasteiger partial charge is 0.356 e. The van der Waals surface area contributed by atoms with Gasteiger partial charge in [0.2, 0.25) is 0 Å². The Kier molecular flexibility index (Phi) is 10.4. The van der Waals surface area contributed by atoms with Crippen molar-refractivity contribution in [2.45, 2.75) is 13.0 Å². The van der Waals surface area contributed by atoms with Crippen LogP contribution in [0.4, 0.5) is 4.39 Å². The highest BCUT2D eigenvalue weighted by Gasteiger charge is 2.02. The van der Waals surface area contributed by atoms with Gasteiger partial charge in [-0.15, -0.1) is 24.0 Å². The van der Waals surface area contributed by atoms with Crippen molar-refractivity contribution in [3.05, 3.63) is 35.6 Å². The molecule has 0 aliphatic heterocycles. The average molecular weight is 394 g/mol. The number of hydrogen-bond acceptors (Lipinski definition) is 2. The Bertz CT molecular complexity index is 410. The molecule has 0 atom stereocenters. The van der Waals surface area contributed by atoms with Gasteiger partial charge in [0.1, 0.15) is 5.82 Å². The molecule has 4 nitrogen and oxygen atoms in total. The third kappa shape index (κ3) is 7.64. The van der Waals surface area contributed by atoms with Crippen LogP contribution >= 0.6 is 24.0 Å². The van der Waals surface area contributed by atoms with Crippen molar-refractivity contribution < 1.29 is 4.39 Å². The molecule has 0 aliphatic rings. The lowest BCUT2D eigenvalue weighted by Crippen LogP contribution is -2.38. The molecular formula is C14H24FIN4. The smallest absolute Gasteiger partial charge is 0.191 e. The van der Waals surface area contributed by atoms with Crippen molar-refractivity contribution >= 4 is 29.9 Å². The van der Waals surface area contributed by atoms with Gasteiger partial charge in [-0.3, -0.25) is 4.99 Å². The first kappa shape index (κ1) is 19.1. The molecule has 6 heteroatoms. The minimum absolute atomic E-state index is 0. The van der Waals surface area contributed by atoms with E-state index in [1.807, 2.05) is 20.2 Å². The van der Waals surface area contributed by atoms with Crippen LogP contribution in [0.15, 0.2) is 29.3 Å². The Morgan fingerprint density at radius 1 is 1.25 bits per heavy atom. The first-order valence-electron chi connectivity index (χ1n) is 6.46. The van der Waals surface area contributed by atoms with E-state index in [0.29, 0.717) is 18.1 Å². The molecule has 0 aliphatic carbocycles. The Balaban J connectivity index is 0.00000361. The third-order valence-electron chi connectivity index (χ3n) is 2.70. The third-order valence-corrected chi connectivity index (χ3v) is 2.70. The van der Waals surface area contributed by atoms with Crippen molar-refractivity contribution in [2.75, 3.05) is 34.2 Å². The van der Waals surface area contributed by atoms with E-state index in [-0.39, 0.29) is 29.8 Å². The van der Waals surface area contributed by atoms with Gasteiger partial charge in [0.05, 0.1) is 0 Å². The van der Waals surface area contributed by atoms with Crippen molar-refractivity contribution in [3.63, 3.8) is 0 Å². The summed E-state index contributed by atoms with van der Waals surface area (Å²) in [5, 5.41) is 6.30. The molecule has 0 heterocycles. The maximum atomic E-state index is 13.4. The molecule has 0 unspecified atom stereocenters. The van der Waals surface area contributed by atoms with Crippen LogP contribution in [-0.4, -0.2) is 45.1 Å². The van der Waals surface area contributed by atoms with Crippen LogP contribution in [0.5, 0.6) is 0 Å². The second-order valence-electron chi connectivity index (χ2n) is 4.60. The van der Waals surface area contributed by atoms with Crippen LogP contribution in [0.3, 0.4) is 0 Å². The van der Waals surface area contributed by atoms with Crippen molar-refractivity contribution in [2.24, 2.45) is 4.99 Å². The SMILES string of the molecule is CN=C(NCCCN(C)C)NCc1ccccc1F.I. The summed E-state index contributed by atoms with van der Waals surface area (Å²) in [6.45, 7) is 2.30. The molecule has 20 heavy (non-hydrogen) atoms. The first-order valence-corrected chi connectivity index (χ1v) is 6.46. The van der Waals surface area contributed by atoms with Gasteiger partial charge in [-0.1, -0.05) is 18.2 Å². The van der Waals surface area contributed by atoms with E-state index >= 15 is 0 Å². The predicted molar refractivity (Wildman–Crippen MR) is 93.2 cm³/mol. The second kappa shape index (κ2) is 10.8. The number of rotatable bonds is 6. The number of halogens is 2. The summed E-state index contributed by atoms with van der Waals surface area (Å²) in [6, 6.07) is 6.74. The first-order chi connectivity index (χ1) is 9.13. The van der Waals surface area contributed by atoms with Crippen molar-refractivity contribution in [1.29, 1.82) is 0 Å². The van der Waals surface area contributed by atoms with E-state index in [2.05, 4.69) is 20.5 Å². The molecule has 1 rings (SSSR count). The van der Waals surface area contributed by atoms with Crippen LogP contribution in [0.2, 0.25) is 0 Å². The zero-order chi connectivity index (χ0) is 14.1. The number of nitrogens with one attached hydrogen (secondary N) is 2. The van der Waals surface area contributed by atoms with Crippen molar-refractivity contribution in [1.82, 2.24) is 15.5 Å². The van der Waals surface area contributed by atoms with E-state index in [1.54, 1.807) is 19.2 Å². The lowest BCUT2D eigenvalue weighted by atomic mass is 10.2. The number of aliphatic imine (C=N–C) groups is 1. The molecule has 0 amide bonds. The summed E-state index contributed by atoms with van der Waals surface area (Å²) in [5.74, 6) is 0.500. The zero-order valence-corrected chi connectivity index (χ0v) is 14.6. The summed E-state index contributed by atoms with van der Waals surface area (Å²) in [4.78, 5) is 6.24.